The summed E-state index contributed by atoms with van der Waals surface area (Å²) in [6, 6.07) is 3.45. The standard InChI is InChI=1S/C13H11BrN4OS/c1-7-9(14)3-11(20-7)13-16-10(4-12(19)17-13)8-5-15-18(2)6-8/h3-6H,1-2H3,(H,16,17,19). The van der Waals surface area contributed by atoms with Gasteiger partial charge in [-0.2, -0.15) is 5.10 Å². The van der Waals surface area contributed by atoms with Gasteiger partial charge in [0.15, 0.2) is 5.82 Å². The van der Waals surface area contributed by atoms with E-state index in [4.69, 9.17) is 0 Å². The fourth-order valence-corrected chi connectivity index (χ4v) is 3.33. The summed E-state index contributed by atoms with van der Waals surface area (Å²) in [6.07, 6.45) is 3.53. The highest BCUT2D eigenvalue weighted by atomic mass is 79.9. The molecule has 0 atom stereocenters. The minimum Gasteiger partial charge on any atom is -0.306 e. The number of nitrogens with zero attached hydrogens (tertiary/aromatic N) is 3. The van der Waals surface area contributed by atoms with Crippen molar-refractivity contribution in [3.63, 3.8) is 0 Å². The number of hydrogen-bond donors (Lipinski definition) is 1. The number of hydrogen-bond acceptors (Lipinski definition) is 4. The number of nitrogens with one attached hydrogen (secondary N) is 1. The van der Waals surface area contributed by atoms with Crippen LogP contribution in [-0.4, -0.2) is 19.7 Å². The van der Waals surface area contributed by atoms with Crippen molar-refractivity contribution in [3.05, 3.63) is 44.2 Å². The second-order valence-electron chi connectivity index (χ2n) is 4.40. The molecular formula is C13H11BrN4OS. The van der Waals surface area contributed by atoms with Gasteiger partial charge in [0, 0.05) is 34.2 Å². The molecule has 0 fully saturated rings. The molecule has 102 valence electrons. The topological polar surface area (TPSA) is 63.6 Å². The molecule has 3 aromatic rings. The van der Waals surface area contributed by atoms with Gasteiger partial charge in [-0.05, 0) is 28.9 Å². The Bertz CT molecular complexity index is 814. The molecule has 0 unspecified atom stereocenters. The molecule has 0 aliphatic heterocycles. The van der Waals surface area contributed by atoms with E-state index in [-0.39, 0.29) is 5.56 Å². The van der Waals surface area contributed by atoms with Crippen LogP contribution in [0.5, 0.6) is 0 Å². The molecule has 3 rings (SSSR count). The Morgan fingerprint density at radius 3 is 2.80 bits per heavy atom. The van der Waals surface area contributed by atoms with Gasteiger partial charge in [0.2, 0.25) is 0 Å². The van der Waals surface area contributed by atoms with Crippen molar-refractivity contribution in [1.82, 2.24) is 19.7 Å². The van der Waals surface area contributed by atoms with E-state index < -0.39 is 0 Å². The normalized spacial score (nSPS) is 10.9. The molecule has 0 aromatic carbocycles. The van der Waals surface area contributed by atoms with Gasteiger partial charge in [0.05, 0.1) is 16.8 Å². The van der Waals surface area contributed by atoms with Crippen LogP contribution in [0.4, 0.5) is 0 Å². The number of thiophene rings is 1. The van der Waals surface area contributed by atoms with Crippen LogP contribution >= 0.6 is 27.3 Å². The molecule has 3 aromatic heterocycles. The van der Waals surface area contributed by atoms with Gasteiger partial charge < -0.3 is 4.98 Å². The van der Waals surface area contributed by atoms with Crippen LogP contribution in [0.2, 0.25) is 0 Å². The van der Waals surface area contributed by atoms with Gasteiger partial charge in [-0.15, -0.1) is 11.3 Å². The third-order valence-electron chi connectivity index (χ3n) is 2.83. The number of aryl methyl sites for hydroxylation is 2. The van der Waals surface area contributed by atoms with Crippen molar-refractivity contribution in [1.29, 1.82) is 0 Å². The first-order valence-electron chi connectivity index (χ1n) is 5.89. The summed E-state index contributed by atoms with van der Waals surface area (Å²) >= 11 is 5.06. The van der Waals surface area contributed by atoms with Crippen molar-refractivity contribution in [2.45, 2.75) is 6.92 Å². The number of halogens is 1. The molecule has 3 heterocycles. The lowest BCUT2D eigenvalue weighted by atomic mass is 10.2. The highest BCUT2D eigenvalue weighted by Crippen LogP contribution is 2.32. The van der Waals surface area contributed by atoms with E-state index in [9.17, 15) is 4.79 Å². The van der Waals surface area contributed by atoms with Gasteiger partial charge in [0.1, 0.15) is 0 Å². The van der Waals surface area contributed by atoms with E-state index in [0.717, 1.165) is 19.8 Å². The van der Waals surface area contributed by atoms with Crippen LogP contribution < -0.4 is 5.56 Å². The Labute approximate surface area is 127 Å². The van der Waals surface area contributed by atoms with E-state index in [1.165, 1.54) is 6.07 Å². The summed E-state index contributed by atoms with van der Waals surface area (Å²) in [6.45, 7) is 2.02. The third-order valence-corrected chi connectivity index (χ3v) is 4.98. The first-order valence-corrected chi connectivity index (χ1v) is 7.50. The second kappa shape index (κ2) is 4.99. The Morgan fingerprint density at radius 2 is 2.20 bits per heavy atom. The Kier molecular flexibility index (Phi) is 3.31. The van der Waals surface area contributed by atoms with Gasteiger partial charge in [0.25, 0.3) is 5.56 Å². The predicted octanol–water partition coefficient (Wildman–Crippen LogP) is 2.97. The average Bonchev–Trinajstić information content (AvgIpc) is 2.96. The lowest BCUT2D eigenvalue weighted by molar-refractivity contribution is 0.768. The van der Waals surface area contributed by atoms with Crippen molar-refractivity contribution >= 4 is 27.3 Å². The van der Waals surface area contributed by atoms with Crippen LogP contribution in [0.1, 0.15) is 4.88 Å². The molecule has 20 heavy (non-hydrogen) atoms. The van der Waals surface area contributed by atoms with Gasteiger partial charge in [-0.3, -0.25) is 9.48 Å². The first-order chi connectivity index (χ1) is 9.52. The zero-order valence-electron chi connectivity index (χ0n) is 10.8. The summed E-state index contributed by atoms with van der Waals surface area (Å²) in [4.78, 5) is 21.2. The van der Waals surface area contributed by atoms with Crippen LogP contribution in [0.25, 0.3) is 22.0 Å². The number of aromatic nitrogens is 4. The fourth-order valence-electron chi connectivity index (χ4n) is 1.85. The quantitative estimate of drug-likeness (QED) is 0.772. The smallest absolute Gasteiger partial charge is 0.251 e. The lowest BCUT2D eigenvalue weighted by Gasteiger charge is -2.00. The molecule has 1 N–H and O–H groups in total. The van der Waals surface area contributed by atoms with Gasteiger partial charge in [-0.25, -0.2) is 4.98 Å². The first kappa shape index (κ1) is 13.3. The molecule has 5 nitrogen and oxygen atoms in total. The second-order valence-corrected chi connectivity index (χ2v) is 6.51. The molecule has 0 aliphatic carbocycles. The molecule has 0 saturated carbocycles. The summed E-state index contributed by atoms with van der Waals surface area (Å²) in [5, 5.41) is 4.10. The van der Waals surface area contributed by atoms with Crippen LogP contribution in [0.15, 0.2) is 33.8 Å². The highest BCUT2D eigenvalue weighted by Gasteiger charge is 2.11. The molecular weight excluding hydrogens is 340 g/mol. The van der Waals surface area contributed by atoms with E-state index in [2.05, 4.69) is 31.0 Å². The van der Waals surface area contributed by atoms with Gasteiger partial charge in [-0.1, -0.05) is 0 Å². The van der Waals surface area contributed by atoms with Gasteiger partial charge >= 0.3 is 0 Å². The van der Waals surface area contributed by atoms with Crippen molar-refractivity contribution in [2.75, 3.05) is 0 Å². The minimum absolute atomic E-state index is 0.170. The number of rotatable bonds is 2. The van der Waals surface area contributed by atoms with Crippen molar-refractivity contribution in [2.24, 2.45) is 7.05 Å². The number of aromatic amines is 1. The molecule has 0 spiro atoms. The maximum absolute atomic E-state index is 11.8. The molecule has 0 amide bonds. The van der Waals surface area contributed by atoms with E-state index in [1.54, 1.807) is 22.2 Å². The van der Waals surface area contributed by atoms with E-state index in [0.29, 0.717) is 11.5 Å². The van der Waals surface area contributed by atoms with Crippen LogP contribution in [0, 0.1) is 6.92 Å². The fraction of sp³-hybridized carbons (Fsp3) is 0.154. The maximum atomic E-state index is 11.8. The lowest BCUT2D eigenvalue weighted by Crippen LogP contribution is -2.07. The summed E-state index contributed by atoms with van der Waals surface area (Å²) < 4.78 is 2.70. The Balaban J connectivity index is 2.13. The SMILES string of the molecule is Cc1sc(-c2nc(-c3cnn(C)c3)cc(=O)[nH]2)cc1Br. The van der Waals surface area contributed by atoms with Crippen molar-refractivity contribution < 1.29 is 0 Å². The van der Waals surface area contributed by atoms with Crippen LogP contribution in [-0.2, 0) is 7.05 Å². The summed E-state index contributed by atoms with van der Waals surface area (Å²) in [5.41, 5.74) is 1.28. The molecule has 0 saturated heterocycles. The Hall–Kier alpha value is -1.73. The van der Waals surface area contributed by atoms with E-state index in [1.807, 2.05) is 26.2 Å². The molecule has 7 heteroatoms. The summed E-state index contributed by atoms with van der Waals surface area (Å²) in [5.74, 6) is 0.579. The van der Waals surface area contributed by atoms with Crippen molar-refractivity contribution in [3.8, 4) is 22.0 Å². The molecule has 0 bridgehead atoms. The molecule has 0 aliphatic rings. The Morgan fingerprint density at radius 1 is 1.40 bits per heavy atom. The predicted molar refractivity (Wildman–Crippen MR) is 82.8 cm³/mol. The zero-order valence-corrected chi connectivity index (χ0v) is 13.2. The maximum Gasteiger partial charge on any atom is 0.251 e. The molecule has 0 radical (unpaired) electrons. The largest absolute Gasteiger partial charge is 0.306 e. The zero-order chi connectivity index (χ0) is 14.3. The van der Waals surface area contributed by atoms with E-state index >= 15 is 0 Å². The van der Waals surface area contributed by atoms with Crippen LogP contribution in [0.3, 0.4) is 0 Å². The highest BCUT2D eigenvalue weighted by molar-refractivity contribution is 9.10. The monoisotopic (exact) mass is 350 g/mol. The number of H-pyrrole nitrogens is 1. The third kappa shape index (κ3) is 2.46. The average molecular weight is 351 g/mol. The summed E-state index contributed by atoms with van der Waals surface area (Å²) in [7, 11) is 1.83. The minimum atomic E-state index is -0.170.